The molecule has 1 aromatic carbocycles. The van der Waals surface area contributed by atoms with Gasteiger partial charge in [0.2, 0.25) is 0 Å². The first-order valence-corrected chi connectivity index (χ1v) is 6.19. The molecule has 0 saturated heterocycles. The maximum Gasteiger partial charge on any atom is 0.267 e. The second-order valence-corrected chi connectivity index (χ2v) is 4.42. The lowest BCUT2D eigenvalue weighted by Gasteiger charge is -2.10. The largest absolute Gasteiger partial charge is 0.389 e. The zero-order valence-electron chi connectivity index (χ0n) is 11.1. The summed E-state index contributed by atoms with van der Waals surface area (Å²) in [5.41, 5.74) is -0.149. The molecule has 1 aromatic heterocycles. The first-order chi connectivity index (χ1) is 9.61. The molecule has 0 bridgehead atoms. The predicted octanol–water partition coefficient (Wildman–Crippen LogP) is 0.265. The number of aromatic amines is 1. The van der Waals surface area contributed by atoms with Crippen molar-refractivity contribution in [3.63, 3.8) is 0 Å². The number of aromatic nitrogens is 1. The number of methoxy groups -OCH3 is 1. The molecular formula is C14H16N2O4. The molecule has 0 aliphatic carbocycles. The molecule has 0 aliphatic rings. The van der Waals surface area contributed by atoms with E-state index in [9.17, 15) is 14.7 Å². The van der Waals surface area contributed by atoms with Gasteiger partial charge in [0.05, 0.1) is 12.7 Å². The third-order valence-electron chi connectivity index (χ3n) is 2.86. The number of carbonyl (C=O) groups excluding carboxylic acids is 1. The van der Waals surface area contributed by atoms with Gasteiger partial charge in [-0.15, -0.1) is 0 Å². The van der Waals surface area contributed by atoms with Crippen LogP contribution in [0.2, 0.25) is 0 Å². The summed E-state index contributed by atoms with van der Waals surface area (Å²) in [6, 6.07) is 8.62. The summed E-state index contributed by atoms with van der Waals surface area (Å²) in [5.74, 6) is -0.442. The number of pyridine rings is 1. The fourth-order valence-corrected chi connectivity index (χ4v) is 1.89. The first-order valence-electron chi connectivity index (χ1n) is 6.19. The predicted molar refractivity (Wildman–Crippen MR) is 74.8 cm³/mol. The summed E-state index contributed by atoms with van der Waals surface area (Å²) >= 11 is 0. The molecule has 0 aliphatic heterocycles. The third kappa shape index (κ3) is 3.23. The molecule has 0 spiro atoms. The van der Waals surface area contributed by atoms with Gasteiger partial charge < -0.3 is 20.1 Å². The van der Waals surface area contributed by atoms with Crippen molar-refractivity contribution in [2.75, 3.05) is 20.3 Å². The monoisotopic (exact) mass is 276 g/mol. The van der Waals surface area contributed by atoms with Crippen molar-refractivity contribution in [2.45, 2.75) is 6.10 Å². The average Bonchev–Trinajstić information content (AvgIpc) is 2.45. The number of amides is 1. The zero-order valence-corrected chi connectivity index (χ0v) is 11.1. The fraction of sp³-hybridized carbons (Fsp3) is 0.286. The van der Waals surface area contributed by atoms with Crippen LogP contribution in [0.15, 0.2) is 35.1 Å². The van der Waals surface area contributed by atoms with E-state index in [4.69, 9.17) is 4.74 Å². The molecule has 6 nitrogen and oxygen atoms in total. The van der Waals surface area contributed by atoms with Gasteiger partial charge in [0.15, 0.2) is 0 Å². The normalized spacial score (nSPS) is 12.3. The van der Waals surface area contributed by atoms with E-state index in [1.54, 1.807) is 30.3 Å². The topological polar surface area (TPSA) is 91.4 Å². The van der Waals surface area contributed by atoms with E-state index >= 15 is 0 Å². The summed E-state index contributed by atoms with van der Waals surface area (Å²) in [5, 5.41) is 13.2. The van der Waals surface area contributed by atoms with Crippen LogP contribution in [-0.2, 0) is 4.74 Å². The zero-order chi connectivity index (χ0) is 14.5. The van der Waals surface area contributed by atoms with Crippen LogP contribution in [0.25, 0.3) is 10.8 Å². The van der Waals surface area contributed by atoms with Crippen LogP contribution in [0.5, 0.6) is 0 Å². The summed E-state index contributed by atoms with van der Waals surface area (Å²) in [7, 11) is 1.46. The second kappa shape index (κ2) is 6.31. The Labute approximate surface area is 115 Å². The lowest BCUT2D eigenvalue weighted by atomic mass is 10.1. The molecule has 2 aromatic rings. The fourth-order valence-electron chi connectivity index (χ4n) is 1.89. The number of aliphatic hydroxyl groups is 1. The maximum absolute atomic E-state index is 11.9. The summed E-state index contributed by atoms with van der Waals surface area (Å²) < 4.78 is 4.76. The number of hydrogen-bond acceptors (Lipinski definition) is 4. The number of carbonyl (C=O) groups is 1. The van der Waals surface area contributed by atoms with Crippen LogP contribution < -0.4 is 10.9 Å². The minimum absolute atomic E-state index is 0.0571. The SMILES string of the molecule is COCC(O)CNC(=O)c1cc2ccccc2c(=O)[nH]1. The van der Waals surface area contributed by atoms with Crippen molar-refractivity contribution in [1.29, 1.82) is 0 Å². The van der Waals surface area contributed by atoms with E-state index in [0.717, 1.165) is 0 Å². The molecule has 0 radical (unpaired) electrons. The number of nitrogens with one attached hydrogen (secondary N) is 2. The Morgan fingerprint density at radius 3 is 2.95 bits per heavy atom. The van der Waals surface area contributed by atoms with Gasteiger partial charge >= 0.3 is 0 Å². The Hall–Kier alpha value is -2.18. The van der Waals surface area contributed by atoms with Gasteiger partial charge in [0.1, 0.15) is 5.69 Å². The smallest absolute Gasteiger partial charge is 0.267 e. The number of hydrogen-bond donors (Lipinski definition) is 3. The molecular weight excluding hydrogens is 260 g/mol. The highest BCUT2D eigenvalue weighted by atomic mass is 16.5. The van der Waals surface area contributed by atoms with E-state index in [-0.39, 0.29) is 24.4 Å². The van der Waals surface area contributed by atoms with Crippen LogP contribution in [0.3, 0.4) is 0 Å². The maximum atomic E-state index is 11.9. The Morgan fingerprint density at radius 2 is 2.20 bits per heavy atom. The minimum Gasteiger partial charge on any atom is -0.389 e. The van der Waals surface area contributed by atoms with Crippen LogP contribution in [0.4, 0.5) is 0 Å². The van der Waals surface area contributed by atoms with Gasteiger partial charge in [-0.3, -0.25) is 9.59 Å². The van der Waals surface area contributed by atoms with Crippen LogP contribution in [0, 0.1) is 0 Å². The summed E-state index contributed by atoms with van der Waals surface area (Å²) in [6.07, 6.45) is -0.781. The standard InChI is InChI=1S/C14H16N2O4/c1-20-8-10(17)7-15-14(19)12-6-9-4-2-3-5-11(9)13(18)16-12/h2-6,10,17H,7-8H2,1H3,(H,15,19)(H,16,18). The van der Waals surface area contributed by atoms with Gasteiger partial charge in [-0.05, 0) is 17.5 Å². The highest BCUT2D eigenvalue weighted by Crippen LogP contribution is 2.09. The third-order valence-corrected chi connectivity index (χ3v) is 2.86. The van der Waals surface area contributed by atoms with Crippen molar-refractivity contribution in [2.24, 2.45) is 0 Å². The molecule has 2 rings (SSSR count). The number of H-pyrrole nitrogens is 1. The lowest BCUT2D eigenvalue weighted by molar-refractivity contribution is 0.0608. The van der Waals surface area contributed by atoms with Crippen molar-refractivity contribution < 1.29 is 14.6 Å². The Kier molecular flexibility index (Phi) is 4.49. The molecule has 1 unspecified atom stereocenters. The Balaban J connectivity index is 2.16. The highest BCUT2D eigenvalue weighted by Gasteiger charge is 2.11. The summed E-state index contributed by atoms with van der Waals surface area (Å²) in [6.45, 7) is 0.191. The summed E-state index contributed by atoms with van der Waals surface area (Å²) in [4.78, 5) is 26.3. The second-order valence-electron chi connectivity index (χ2n) is 4.42. The van der Waals surface area contributed by atoms with Crippen LogP contribution in [0.1, 0.15) is 10.5 Å². The quantitative estimate of drug-likeness (QED) is 0.730. The van der Waals surface area contributed by atoms with E-state index in [2.05, 4.69) is 10.3 Å². The van der Waals surface area contributed by atoms with Gasteiger partial charge in [-0.25, -0.2) is 0 Å². The minimum atomic E-state index is -0.781. The highest BCUT2D eigenvalue weighted by molar-refractivity contribution is 5.96. The average molecular weight is 276 g/mol. The van der Waals surface area contributed by atoms with E-state index in [1.165, 1.54) is 7.11 Å². The molecule has 6 heteroatoms. The van der Waals surface area contributed by atoms with Crippen LogP contribution in [-0.4, -0.2) is 42.4 Å². The number of fused-ring (bicyclic) bond motifs is 1. The number of aliphatic hydroxyl groups excluding tert-OH is 1. The first kappa shape index (κ1) is 14.2. The van der Waals surface area contributed by atoms with Gasteiger partial charge in [-0.2, -0.15) is 0 Å². The van der Waals surface area contributed by atoms with Crippen molar-refractivity contribution in [3.05, 3.63) is 46.4 Å². The Bertz CT molecular complexity index is 666. The molecule has 106 valence electrons. The van der Waals surface area contributed by atoms with E-state index in [1.807, 2.05) is 0 Å². The van der Waals surface area contributed by atoms with Gasteiger partial charge in [0, 0.05) is 19.0 Å². The van der Waals surface area contributed by atoms with Crippen molar-refractivity contribution in [3.8, 4) is 0 Å². The molecule has 0 fully saturated rings. The van der Waals surface area contributed by atoms with E-state index in [0.29, 0.717) is 10.8 Å². The van der Waals surface area contributed by atoms with Crippen LogP contribution >= 0.6 is 0 Å². The molecule has 1 amide bonds. The Morgan fingerprint density at radius 1 is 1.45 bits per heavy atom. The van der Waals surface area contributed by atoms with Crippen molar-refractivity contribution >= 4 is 16.7 Å². The van der Waals surface area contributed by atoms with E-state index < -0.39 is 12.0 Å². The van der Waals surface area contributed by atoms with Crippen molar-refractivity contribution in [1.82, 2.24) is 10.3 Å². The molecule has 1 atom stereocenters. The number of benzene rings is 1. The van der Waals surface area contributed by atoms with Gasteiger partial charge in [-0.1, -0.05) is 18.2 Å². The molecule has 0 saturated carbocycles. The molecule has 20 heavy (non-hydrogen) atoms. The van der Waals surface area contributed by atoms with Gasteiger partial charge in [0.25, 0.3) is 11.5 Å². The molecule has 3 N–H and O–H groups in total. The molecule has 1 heterocycles. The number of ether oxygens (including phenoxy) is 1. The number of rotatable bonds is 5. The lowest BCUT2D eigenvalue weighted by Crippen LogP contribution is -2.35.